The van der Waals surface area contributed by atoms with E-state index in [2.05, 4.69) is 13.8 Å². The van der Waals surface area contributed by atoms with Crippen LogP contribution in [0.3, 0.4) is 0 Å². The highest BCUT2D eigenvalue weighted by Crippen LogP contribution is 2.21. The smallest absolute Gasteiger partial charge is 0.129 e. The molecule has 0 spiro atoms. The van der Waals surface area contributed by atoms with E-state index in [-0.39, 0.29) is 5.41 Å². The molecular weight excluding hydrogens is 202 g/mol. The lowest BCUT2D eigenvalue weighted by Gasteiger charge is -2.21. The van der Waals surface area contributed by atoms with Crippen molar-refractivity contribution in [2.24, 2.45) is 11.1 Å². The van der Waals surface area contributed by atoms with Crippen LogP contribution in [0.1, 0.15) is 38.9 Å². The minimum atomic E-state index is 0.265. The van der Waals surface area contributed by atoms with Gasteiger partial charge in [0.05, 0.1) is 6.26 Å². The second-order valence-electron chi connectivity index (χ2n) is 4.96. The molecule has 0 atom stereocenters. The maximum absolute atomic E-state index is 5.67. The normalized spacial score (nSPS) is 11.9. The highest BCUT2D eigenvalue weighted by Gasteiger charge is 2.14. The number of nitrogens with two attached hydrogens (primary N) is 1. The van der Waals surface area contributed by atoms with Crippen LogP contribution in [-0.4, -0.2) is 13.2 Å². The van der Waals surface area contributed by atoms with Crippen LogP contribution in [0.4, 0.5) is 0 Å². The average Bonchev–Trinajstić information content (AvgIpc) is 2.76. The summed E-state index contributed by atoms with van der Waals surface area (Å²) < 4.78 is 10.7. The van der Waals surface area contributed by atoms with Gasteiger partial charge in [0, 0.05) is 6.61 Å². The molecule has 0 aromatic carbocycles. The van der Waals surface area contributed by atoms with Crippen LogP contribution in [0.25, 0.3) is 0 Å². The van der Waals surface area contributed by atoms with Gasteiger partial charge < -0.3 is 14.9 Å². The van der Waals surface area contributed by atoms with Gasteiger partial charge in [-0.25, -0.2) is 0 Å². The molecule has 2 N–H and O–H groups in total. The Hall–Kier alpha value is -0.800. The van der Waals surface area contributed by atoms with Gasteiger partial charge in [-0.05, 0) is 36.9 Å². The summed E-state index contributed by atoms with van der Waals surface area (Å²) in [6, 6.07) is 3.81. The van der Waals surface area contributed by atoms with Crippen LogP contribution in [0, 0.1) is 5.41 Å². The molecule has 0 aliphatic rings. The summed E-state index contributed by atoms with van der Waals surface area (Å²) in [5.74, 6) is 0.891. The Morgan fingerprint density at radius 3 is 2.81 bits per heavy atom. The summed E-state index contributed by atoms with van der Waals surface area (Å²) in [4.78, 5) is 0. The van der Waals surface area contributed by atoms with Gasteiger partial charge in [-0.3, -0.25) is 0 Å². The molecule has 0 saturated carbocycles. The Morgan fingerprint density at radius 2 is 2.19 bits per heavy atom. The van der Waals surface area contributed by atoms with Crippen molar-refractivity contribution in [2.75, 3.05) is 13.2 Å². The summed E-state index contributed by atoms with van der Waals surface area (Å²) in [6.07, 6.45) is 5.09. The van der Waals surface area contributed by atoms with Gasteiger partial charge >= 0.3 is 0 Å². The van der Waals surface area contributed by atoms with E-state index in [0.717, 1.165) is 31.8 Å². The zero-order chi connectivity index (χ0) is 11.9. The molecule has 0 bridgehead atoms. The van der Waals surface area contributed by atoms with Crippen molar-refractivity contribution >= 4 is 0 Å². The van der Waals surface area contributed by atoms with Crippen molar-refractivity contribution < 1.29 is 9.15 Å². The van der Waals surface area contributed by atoms with Crippen molar-refractivity contribution in [3.63, 3.8) is 0 Å². The average molecular weight is 225 g/mol. The molecule has 0 fully saturated rings. The second-order valence-corrected chi connectivity index (χ2v) is 4.96. The van der Waals surface area contributed by atoms with E-state index in [1.54, 1.807) is 6.26 Å². The number of hydrogen-bond acceptors (Lipinski definition) is 3. The van der Waals surface area contributed by atoms with Gasteiger partial charge in [-0.15, -0.1) is 0 Å². The third kappa shape index (κ3) is 5.33. The van der Waals surface area contributed by atoms with Crippen molar-refractivity contribution in [2.45, 2.75) is 39.7 Å². The fraction of sp³-hybridized carbons (Fsp3) is 0.692. The zero-order valence-corrected chi connectivity index (χ0v) is 10.4. The second kappa shape index (κ2) is 6.71. The van der Waals surface area contributed by atoms with E-state index in [1.807, 2.05) is 12.1 Å². The van der Waals surface area contributed by atoms with Crippen LogP contribution >= 0.6 is 0 Å². The molecular formula is C13H23NO2. The molecule has 3 heteroatoms. The summed E-state index contributed by atoms with van der Waals surface area (Å²) >= 11 is 0. The Morgan fingerprint density at radius 1 is 1.38 bits per heavy atom. The van der Waals surface area contributed by atoms with Gasteiger partial charge in [0.1, 0.15) is 12.4 Å². The molecule has 0 saturated heterocycles. The number of hydrogen-bond donors (Lipinski definition) is 1. The Kier molecular flexibility index (Phi) is 5.56. The largest absolute Gasteiger partial charge is 0.467 e. The van der Waals surface area contributed by atoms with Gasteiger partial charge in [-0.2, -0.15) is 0 Å². The van der Waals surface area contributed by atoms with E-state index in [4.69, 9.17) is 14.9 Å². The minimum absolute atomic E-state index is 0.265. The predicted octanol–water partition coefficient (Wildman–Crippen LogP) is 2.95. The first kappa shape index (κ1) is 13.3. The molecule has 1 heterocycles. The molecule has 16 heavy (non-hydrogen) atoms. The zero-order valence-electron chi connectivity index (χ0n) is 10.4. The summed E-state index contributed by atoms with van der Waals surface area (Å²) in [6.45, 7) is 6.53. The molecule has 1 aromatic heterocycles. The first-order valence-electron chi connectivity index (χ1n) is 5.94. The van der Waals surface area contributed by atoms with E-state index >= 15 is 0 Å². The lowest BCUT2D eigenvalue weighted by atomic mass is 9.87. The summed E-state index contributed by atoms with van der Waals surface area (Å²) in [7, 11) is 0. The molecule has 0 aliphatic heterocycles. The van der Waals surface area contributed by atoms with E-state index in [1.165, 1.54) is 6.42 Å². The van der Waals surface area contributed by atoms with Gasteiger partial charge in [0.2, 0.25) is 0 Å². The number of unbranched alkanes of at least 4 members (excludes halogenated alkanes) is 1. The third-order valence-corrected chi connectivity index (χ3v) is 2.77. The van der Waals surface area contributed by atoms with E-state index in [9.17, 15) is 0 Å². The van der Waals surface area contributed by atoms with Crippen molar-refractivity contribution in [3.05, 3.63) is 24.2 Å². The summed E-state index contributed by atoms with van der Waals surface area (Å²) in [5.41, 5.74) is 5.93. The van der Waals surface area contributed by atoms with Crippen LogP contribution in [0.5, 0.6) is 0 Å². The fourth-order valence-electron chi connectivity index (χ4n) is 1.48. The lowest BCUT2D eigenvalue weighted by molar-refractivity contribution is 0.100. The summed E-state index contributed by atoms with van der Waals surface area (Å²) in [5, 5.41) is 0. The Labute approximate surface area is 98.0 Å². The van der Waals surface area contributed by atoms with E-state index in [0.29, 0.717) is 6.61 Å². The Bertz CT molecular complexity index is 267. The molecule has 0 unspecified atom stereocenters. The van der Waals surface area contributed by atoms with Crippen molar-refractivity contribution in [1.29, 1.82) is 0 Å². The molecule has 3 nitrogen and oxygen atoms in total. The van der Waals surface area contributed by atoms with Gasteiger partial charge in [0.15, 0.2) is 0 Å². The van der Waals surface area contributed by atoms with Crippen LogP contribution in [0.2, 0.25) is 0 Å². The monoisotopic (exact) mass is 225 g/mol. The van der Waals surface area contributed by atoms with E-state index < -0.39 is 0 Å². The highest BCUT2D eigenvalue weighted by atomic mass is 16.5. The maximum atomic E-state index is 5.67. The van der Waals surface area contributed by atoms with Crippen molar-refractivity contribution in [3.8, 4) is 0 Å². The van der Waals surface area contributed by atoms with Crippen LogP contribution < -0.4 is 5.73 Å². The maximum Gasteiger partial charge on any atom is 0.129 e. The molecule has 0 amide bonds. The third-order valence-electron chi connectivity index (χ3n) is 2.77. The SMILES string of the molecule is CC(C)(CN)CCCCOCc1ccco1. The van der Waals surface area contributed by atoms with Crippen LogP contribution in [-0.2, 0) is 11.3 Å². The Balaban J connectivity index is 1.96. The minimum Gasteiger partial charge on any atom is -0.467 e. The molecule has 0 aliphatic carbocycles. The fourth-order valence-corrected chi connectivity index (χ4v) is 1.48. The number of furan rings is 1. The lowest BCUT2D eigenvalue weighted by Crippen LogP contribution is -2.23. The molecule has 1 aromatic rings. The number of rotatable bonds is 8. The van der Waals surface area contributed by atoms with Gasteiger partial charge in [-0.1, -0.05) is 20.3 Å². The topological polar surface area (TPSA) is 48.4 Å². The molecule has 1 rings (SSSR count). The van der Waals surface area contributed by atoms with Crippen molar-refractivity contribution in [1.82, 2.24) is 0 Å². The molecule has 0 radical (unpaired) electrons. The standard InChI is InChI=1S/C13H23NO2/c1-13(2,11-14)7-3-4-8-15-10-12-6-5-9-16-12/h5-6,9H,3-4,7-8,10-11,14H2,1-2H3. The molecule has 92 valence electrons. The van der Waals surface area contributed by atoms with Gasteiger partial charge in [0.25, 0.3) is 0 Å². The quantitative estimate of drug-likeness (QED) is 0.692. The first-order valence-corrected chi connectivity index (χ1v) is 5.94. The van der Waals surface area contributed by atoms with Crippen LogP contribution in [0.15, 0.2) is 22.8 Å². The number of ether oxygens (including phenoxy) is 1. The predicted molar refractivity (Wildman–Crippen MR) is 65.1 cm³/mol. The first-order chi connectivity index (χ1) is 7.64. The highest BCUT2D eigenvalue weighted by molar-refractivity contribution is 4.95.